The van der Waals surface area contributed by atoms with Gasteiger partial charge in [-0.15, -0.1) is 0 Å². The van der Waals surface area contributed by atoms with Crippen molar-refractivity contribution in [1.29, 1.82) is 0 Å². The summed E-state index contributed by atoms with van der Waals surface area (Å²) >= 11 is 0. The Morgan fingerprint density at radius 2 is 2.19 bits per heavy atom. The molecular formula is C11H23N5. The Morgan fingerprint density at radius 1 is 1.44 bits per heavy atom. The molecule has 1 unspecified atom stereocenters. The third kappa shape index (κ3) is 2.86. The lowest BCUT2D eigenvalue weighted by Crippen LogP contribution is -2.49. The third-order valence-electron chi connectivity index (χ3n) is 3.21. The molecule has 1 aliphatic carbocycles. The lowest BCUT2D eigenvalue weighted by molar-refractivity contribution is 0.280. The highest BCUT2D eigenvalue weighted by atomic mass is 15.4. The fraction of sp³-hybridized carbons (Fsp3) is 0.909. The summed E-state index contributed by atoms with van der Waals surface area (Å²) < 4.78 is 0. The molecule has 1 heterocycles. The summed E-state index contributed by atoms with van der Waals surface area (Å²) in [6.07, 6.45) is 4.92. The van der Waals surface area contributed by atoms with Crippen LogP contribution in [0.5, 0.6) is 0 Å². The van der Waals surface area contributed by atoms with Gasteiger partial charge in [-0.2, -0.15) is 0 Å². The van der Waals surface area contributed by atoms with Crippen molar-refractivity contribution < 1.29 is 0 Å². The number of guanidine groups is 1. The van der Waals surface area contributed by atoms with Crippen molar-refractivity contribution in [2.24, 2.45) is 10.8 Å². The molecule has 0 spiro atoms. The smallest absolute Gasteiger partial charge is 0.208 e. The lowest BCUT2D eigenvalue weighted by Gasteiger charge is -2.29. The third-order valence-corrected chi connectivity index (χ3v) is 3.21. The van der Waals surface area contributed by atoms with Crippen molar-refractivity contribution >= 4 is 5.96 Å². The molecule has 0 radical (unpaired) electrons. The van der Waals surface area contributed by atoms with Crippen molar-refractivity contribution in [3.05, 3.63) is 0 Å². The molecule has 5 nitrogen and oxygen atoms in total. The second-order valence-electron chi connectivity index (χ2n) is 5.08. The molecule has 0 aromatic heterocycles. The van der Waals surface area contributed by atoms with E-state index in [1.54, 1.807) is 0 Å². The number of hydrazine groups is 1. The number of hydrogen-bond acceptors (Lipinski definition) is 3. The van der Waals surface area contributed by atoms with Crippen LogP contribution in [0.3, 0.4) is 0 Å². The van der Waals surface area contributed by atoms with Gasteiger partial charge in [0.2, 0.25) is 5.96 Å². The Balaban J connectivity index is 1.99. The molecule has 5 heteroatoms. The van der Waals surface area contributed by atoms with Gasteiger partial charge in [-0.3, -0.25) is 5.43 Å². The fourth-order valence-electron chi connectivity index (χ4n) is 2.30. The predicted octanol–water partition coefficient (Wildman–Crippen LogP) is -0.00590. The molecule has 2 rings (SSSR count). The average molecular weight is 225 g/mol. The van der Waals surface area contributed by atoms with Crippen molar-refractivity contribution in [3.63, 3.8) is 0 Å². The molecule has 1 saturated carbocycles. The van der Waals surface area contributed by atoms with E-state index in [2.05, 4.69) is 34.3 Å². The van der Waals surface area contributed by atoms with E-state index < -0.39 is 0 Å². The van der Waals surface area contributed by atoms with E-state index in [1.165, 1.54) is 25.7 Å². The summed E-state index contributed by atoms with van der Waals surface area (Å²) in [5, 5.41) is 0. The van der Waals surface area contributed by atoms with Gasteiger partial charge >= 0.3 is 0 Å². The average Bonchev–Trinajstić information content (AvgIpc) is 2.95. The standard InChI is InChI=1S/C11H23N5/c1-15(2)8-10-4-3-7-16(10)11(14-12)13-9-5-6-9/h9-10H,3-8,12H2,1-2H3,(H,13,14). The first-order chi connectivity index (χ1) is 7.70. The maximum atomic E-state index is 5.59. The van der Waals surface area contributed by atoms with Crippen molar-refractivity contribution in [2.75, 3.05) is 27.2 Å². The Kier molecular flexibility index (Phi) is 3.66. The fourth-order valence-corrected chi connectivity index (χ4v) is 2.30. The molecule has 92 valence electrons. The highest BCUT2D eigenvalue weighted by molar-refractivity contribution is 5.80. The Morgan fingerprint density at radius 3 is 2.75 bits per heavy atom. The van der Waals surface area contributed by atoms with E-state index in [0.717, 1.165) is 19.0 Å². The van der Waals surface area contributed by atoms with Gasteiger partial charge in [0.15, 0.2) is 0 Å². The largest absolute Gasteiger partial charge is 0.338 e. The lowest BCUT2D eigenvalue weighted by atomic mass is 10.2. The predicted molar refractivity (Wildman–Crippen MR) is 66.1 cm³/mol. The highest BCUT2D eigenvalue weighted by Crippen LogP contribution is 2.25. The van der Waals surface area contributed by atoms with E-state index in [-0.39, 0.29) is 0 Å². The summed E-state index contributed by atoms with van der Waals surface area (Å²) in [6.45, 7) is 2.15. The number of nitrogens with two attached hydrogens (primary N) is 1. The summed E-state index contributed by atoms with van der Waals surface area (Å²) in [5.41, 5.74) is 2.78. The summed E-state index contributed by atoms with van der Waals surface area (Å²) in [5.74, 6) is 6.48. The molecule has 3 N–H and O–H groups in total. The van der Waals surface area contributed by atoms with E-state index >= 15 is 0 Å². The minimum absolute atomic E-state index is 0.520. The number of nitrogens with zero attached hydrogens (tertiary/aromatic N) is 3. The topological polar surface area (TPSA) is 56.9 Å². The minimum atomic E-state index is 0.520. The van der Waals surface area contributed by atoms with Gasteiger partial charge in [0.1, 0.15) is 0 Å². The molecule has 0 bridgehead atoms. The number of likely N-dealkylation sites (tertiary alicyclic amines) is 1. The van der Waals surface area contributed by atoms with Gasteiger partial charge < -0.3 is 9.80 Å². The molecule has 1 atom stereocenters. The van der Waals surface area contributed by atoms with Gasteiger partial charge in [-0.25, -0.2) is 10.8 Å². The van der Waals surface area contributed by atoms with E-state index in [4.69, 9.17) is 5.84 Å². The van der Waals surface area contributed by atoms with Gasteiger partial charge in [-0.1, -0.05) is 0 Å². The summed E-state index contributed by atoms with van der Waals surface area (Å²) in [7, 11) is 4.23. The zero-order valence-electron chi connectivity index (χ0n) is 10.3. The first-order valence-electron chi connectivity index (χ1n) is 6.16. The van der Waals surface area contributed by atoms with Crippen LogP contribution in [0.25, 0.3) is 0 Å². The van der Waals surface area contributed by atoms with E-state index in [0.29, 0.717) is 12.1 Å². The molecule has 1 saturated heterocycles. The molecule has 2 fully saturated rings. The van der Waals surface area contributed by atoms with Crippen molar-refractivity contribution in [2.45, 2.75) is 37.8 Å². The number of nitrogens with one attached hydrogen (secondary N) is 1. The minimum Gasteiger partial charge on any atom is -0.338 e. The first-order valence-corrected chi connectivity index (χ1v) is 6.16. The van der Waals surface area contributed by atoms with Crippen molar-refractivity contribution in [3.8, 4) is 0 Å². The van der Waals surface area contributed by atoms with E-state index in [9.17, 15) is 0 Å². The normalized spacial score (nSPS) is 26.6. The monoisotopic (exact) mass is 225 g/mol. The van der Waals surface area contributed by atoms with Crippen LogP contribution in [0, 0.1) is 0 Å². The Hall–Kier alpha value is -0.810. The molecule has 2 aliphatic rings. The van der Waals surface area contributed by atoms with Crippen LogP contribution < -0.4 is 11.3 Å². The van der Waals surface area contributed by atoms with Crippen LogP contribution in [0.4, 0.5) is 0 Å². The molecule has 0 amide bonds. The van der Waals surface area contributed by atoms with Crippen LogP contribution in [0.15, 0.2) is 4.99 Å². The maximum absolute atomic E-state index is 5.59. The zero-order chi connectivity index (χ0) is 11.5. The van der Waals surface area contributed by atoms with Gasteiger partial charge in [0.05, 0.1) is 6.04 Å². The second-order valence-corrected chi connectivity index (χ2v) is 5.08. The SMILES string of the molecule is CN(C)CC1CCCN1C(=NC1CC1)NN. The second kappa shape index (κ2) is 5.01. The molecule has 1 aliphatic heterocycles. The summed E-state index contributed by atoms with van der Waals surface area (Å²) in [4.78, 5) is 9.20. The number of hydrogen-bond donors (Lipinski definition) is 2. The first kappa shape index (κ1) is 11.7. The highest BCUT2D eigenvalue weighted by Gasteiger charge is 2.29. The maximum Gasteiger partial charge on any atom is 0.208 e. The Labute approximate surface area is 97.7 Å². The van der Waals surface area contributed by atoms with Crippen molar-refractivity contribution in [1.82, 2.24) is 15.2 Å². The number of likely N-dealkylation sites (N-methyl/N-ethyl adjacent to an activating group) is 1. The molecular weight excluding hydrogens is 202 g/mol. The van der Waals surface area contributed by atoms with Crippen LogP contribution in [-0.2, 0) is 0 Å². The van der Waals surface area contributed by atoms with Crippen LogP contribution in [-0.4, -0.2) is 55.0 Å². The molecule has 16 heavy (non-hydrogen) atoms. The molecule has 0 aromatic carbocycles. The van der Waals surface area contributed by atoms with Gasteiger partial charge in [0.25, 0.3) is 0 Å². The van der Waals surface area contributed by atoms with Crippen LogP contribution >= 0.6 is 0 Å². The van der Waals surface area contributed by atoms with Gasteiger partial charge in [0, 0.05) is 19.1 Å². The van der Waals surface area contributed by atoms with E-state index in [1.807, 2.05) is 0 Å². The van der Waals surface area contributed by atoms with Crippen LogP contribution in [0.2, 0.25) is 0 Å². The Bertz CT molecular complexity index is 259. The summed E-state index contributed by atoms with van der Waals surface area (Å²) in [6, 6.07) is 1.08. The molecule has 0 aromatic rings. The zero-order valence-corrected chi connectivity index (χ0v) is 10.3. The number of aliphatic imine (C=N–C) groups is 1. The van der Waals surface area contributed by atoms with Crippen LogP contribution in [0.1, 0.15) is 25.7 Å². The van der Waals surface area contributed by atoms with Gasteiger partial charge in [-0.05, 0) is 39.8 Å². The number of rotatable bonds is 3. The quantitative estimate of drug-likeness (QED) is 0.307.